The fourth-order valence-electron chi connectivity index (χ4n) is 1.62. The van der Waals surface area contributed by atoms with Gasteiger partial charge in [-0.1, -0.05) is 29.8 Å². The molecule has 0 aliphatic heterocycles. The first-order valence-electron chi connectivity index (χ1n) is 5.91. The van der Waals surface area contributed by atoms with Crippen molar-refractivity contribution < 1.29 is 4.79 Å². The number of benzene rings is 1. The zero-order valence-electron chi connectivity index (χ0n) is 10.6. The lowest BCUT2D eigenvalue weighted by molar-refractivity contribution is -0.118. The number of thiazole rings is 1. The van der Waals surface area contributed by atoms with Crippen molar-refractivity contribution in [2.45, 2.75) is 20.3 Å². The van der Waals surface area contributed by atoms with Crippen LogP contribution in [-0.4, -0.2) is 17.4 Å². The molecule has 0 bridgehead atoms. The maximum atomic E-state index is 10.8. The molecule has 0 aliphatic rings. The van der Waals surface area contributed by atoms with E-state index in [2.05, 4.69) is 46.9 Å². The van der Waals surface area contributed by atoms with Gasteiger partial charge in [-0.25, -0.2) is 4.98 Å². The van der Waals surface area contributed by atoms with E-state index in [9.17, 15) is 4.79 Å². The summed E-state index contributed by atoms with van der Waals surface area (Å²) in [5.74, 6) is 0.00369. The van der Waals surface area contributed by atoms with Gasteiger partial charge in [0.15, 0.2) is 0 Å². The molecule has 0 spiro atoms. The topological polar surface area (TPSA) is 42.0 Å². The van der Waals surface area contributed by atoms with Gasteiger partial charge in [-0.15, -0.1) is 11.3 Å². The minimum Gasteiger partial charge on any atom is -0.356 e. The minimum atomic E-state index is 0.00369. The van der Waals surface area contributed by atoms with Gasteiger partial charge in [0, 0.05) is 30.8 Å². The van der Waals surface area contributed by atoms with Crippen molar-refractivity contribution in [3.05, 3.63) is 40.9 Å². The number of aromatic nitrogens is 1. The van der Waals surface area contributed by atoms with Gasteiger partial charge in [-0.3, -0.25) is 4.79 Å². The van der Waals surface area contributed by atoms with Crippen LogP contribution >= 0.6 is 11.3 Å². The predicted octanol–water partition coefficient (Wildman–Crippen LogP) is 2.80. The first kappa shape index (κ1) is 12.8. The molecule has 1 amide bonds. The molecule has 4 heteroatoms. The van der Waals surface area contributed by atoms with Crippen LogP contribution in [0.1, 0.15) is 18.2 Å². The van der Waals surface area contributed by atoms with Crippen LogP contribution in [0.25, 0.3) is 10.6 Å². The van der Waals surface area contributed by atoms with Crippen molar-refractivity contribution in [3.8, 4) is 10.6 Å². The Morgan fingerprint density at radius 3 is 2.72 bits per heavy atom. The molecule has 18 heavy (non-hydrogen) atoms. The largest absolute Gasteiger partial charge is 0.356 e. The van der Waals surface area contributed by atoms with Crippen LogP contribution in [0.4, 0.5) is 0 Å². The molecule has 3 nitrogen and oxygen atoms in total. The Kier molecular flexibility index (Phi) is 4.10. The molecule has 0 radical (unpaired) electrons. The van der Waals surface area contributed by atoms with E-state index in [0.29, 0.717) is 6.54 Å². The smallest absolute Gasteiger partial charge is 0.216 e. The van der Waals surface area contributed by atoms with Gasteiger partial charge in [0.05, 0.1) is 5.69 Å². The number of aryl methyl sites for hydroxylation is 1. The minimum absolute atomic E-state index is 0.00369. The number of hydrogen-bond acceptors (Lipinski definition) is 3. The molecule has 0 saturated carbocycles. The summed E-state index contributed by atoms with van der Waals surface area (Å²) < 4.78 is 0. The second-order valence-corrected chi connectivity index (χ2v) is 5.10. The maximum absolute atomic E-state index is 10.8. The highest BCUT2D eigenvalue weighted by atomic mass is 32.1. The van der Waals surface area contributed by atoms with Gasteiger partial charge in [-0.2, -0.15) is 0 Å². The standard InChI is InChI=1S/C14H16N2OS/c1-10-3-5-12(6-4-10)14-16-13(9-18-14)7-8-15-11(2)17/h3-6,9H,7-8H2,1-2H3,(H,15,17). The highest BCUT2D eigenvalue weighted by molar-refractivity contribution is 7.13. The molecular formula is C14H16N2OS. The Labute approximate surface area is 111 Å². The predicted molar refractivity (Wildman–Crippen MR) is 74.7 cm³/mol. The van der Waals surface area contributed by atoms with Gasteiger partial charge in [-0.05, 0) is 6.92 Å². The third-order valence-corrected chi connectivity index (χ3v) is 3.55. The highest BCUT2D eigenvalue weighted by Crippen LogP contribution is 2.23. The van der Waals surface area contributed by atoms with E-state index in [4.69, 9.17) is 0 Å². The molecule has 2 rings (SSSR count). The van der Waals surface area contributed by atoms with Crippen molar-refractivity contribution in [2.24, 2.45) is 0 Å². The third-order valence-electron chi connectivity index (χ3n) is 2.61. The summed E-state index contributed by atoms with van der Waals surface area (Å²) >= 11 is 1.64. The van der Waals surface area contributed by atoms with Crippen LogP contribution in [0.15, 0.2) is 29.6 Å². The molecular weight excluding hydrogens is 244 g/mol. The summed E-state index contributed by atoms with van der Waals surface area (Å²) in [6.45, 7) is 4.25. The van der Waals surface area contributed by atoms with Crippen molar-refractivity contribution in [3.63, 3.8) is 0 Å². The second-order valence-electron chi connectivity index (χ2n) is 4.24. The van der Waals surface area contributed by atoms with E-state index in [1.807, 2.05) is 0 Å². The molecule has 0 aliphatic carbocycles. The molecule has 1 aromatic carbocycles. The van der Waals surface area contributed by atoms with E-state index in [1.165, 1.54) is 12.5 Å². The van der Waals surface area contributed by atoms with Gasteiger partial charge >= 0.3 is 0 Å². The molecule has 1 aromatic heterocycles. The number of nitrogens with one attached hydrogen (secondary N) is 1. The van der Waals surface area contributed by atoms with E-state index in [0.717, 1.165) is 22.7 Å². The van der Waals surface area contributed by atoms with Crippen LogP contribution in [0.5, 0.6) is 0 Å². The number of hydrogen-bond donors (Lipinski definition) is 1. The summed E-state index contributed by atoms with van der Waals surface area (Å²) in [7, 11) is 0. The molecule has 1 heterocycles. The van der Waals surface area contributed by atoms with Gasteiger partial charge in [0.2, 0.25) is 5.91 Å². The lowest BCUT2D eigenvalue weighted by Gasteiger charge is -1.99. The average molecular weight is 260 g/mol. The Morgan fingerprint density at radius 2 is 2.06 bits per heavy atom. The average Bonchev–Trinajstić information content (AvgIpc) is 2.78. The third kappa shape index (κ3) is 3.40. The number of rotatable bonds is 4. The van der Waals surface area contributed by atoms with E-state index < -0.39 is 0 Å². The second kappa shape index (κ2) is 5.78. The number of carbonyl (C=O) groups is 1. The van der Waals surface area contributed by atoms with Crippen molar-refractivity contribution >= 4 is 17.2 Å². The Hall–Kier alpha value is -1.68. The van der Waals surface area contributed by atoms with Crippen LogP contribution in [-0.2, 0) is 11.2 Å². The van der Waals surface area contributed by atoms with Gasteiger partial charge < -0.3 is 5.32 Å². The first-order chi connectivity index (χ1) is 8.65. The summed E-state index contributed by atoms with van der Waals surface area (Å²) in [5.41, 5.74) is 3.43. The van der Waals surface area contributed by atoms with E-state index >= 15 is 0 Å². The Morgan fingerprint density at radius 1 is 1.33 bits per heavy atom. The highest BCUT2D eigenvalue weighted by Gasteiger charge is 2.04. The van der Waals surface area contributed by atoms with Gasteiger partial charge in [0.1, 0.15) is 5.01 Å². The summed E-state index contributed by atoms with van der Waals surface area (Å²) in [5, 5.41) is 5.86. The van der Waals surface area contributed by atoms with Crippen molar-refractivity contribution in [1.82, 2.24) is 10.3 Å². The number of amides is 1. The fourth-order valence-corrected chi connectivity index (χ4v) is 2.48. The lowest BCUT2D eigenvalue weighted by Crippen LogP contribution is -2.22. The monoisotopic (exact) mass is 260 g/mol. The van der Waals surface area contributed by atoms with Gasteiger partial charge in [0.25, 0.3) is 0 Å². The van der Waals surface area contributed by atoms with Crippen molar-refractivity contribution in [1.29, 1.82) is 0 Å². The molecule has 1 N–H and O–H groups in total. The Bertz CT molecular complexity index is 531. The van der Waals surface area contributed by atoms with Crippen LogP contribution in [0.2, 0.25) is 0 Å². The van der Waals surface area contributed by atoms with E-state index in [-0.39, 0.29) is 5.91 Å². The normalized spacial score (nSPS) is 10.3. The number of nitrogens with zero attached hydrogens (tertiary/aromatic N) is 1. The van der Waals surface area contributed by atoms with Crippen LogP contribution < -0.4 is 5.32 Å². The molecule has 0 fully saturated rings. The zero-order valence-corrected chi connectivity index (χ0v) is 11.4. The molecule has 0 saturated heterocycles. The van der Waals surface area contributed by atoms with E-state index in [1.54, 1.807) is 11.3 Å². The SMILES string of the molecule is CC(=O)NCCc1csc(-c2ccc(C)cc2)n1. The number of carbonyl (C=O) groups excluding carboxylic acids is 1. The molecule has 2 aromatic rings. The van der Waals surface area contributed by atoms with Crippen molar-refractivity contribution in [2.75, 3.05) is 6.54 Å². The molecule has 0 atom stereocenters. The maximum Gasteiger partial charge on any atom is 0.216 e. The quantitative estimate of drug-likeness (QED) is 0.918. The molecule has 0 unspecified atom stereocenters. The lowest BCUT2D eigenvalue weighted by atomic mass is 10.2. The summed E-state index contributed by atoms with van der Waals surface area (Å²) in [4.78, 5) is 15.3. The first-order valence-corrected chi connectivity index (χ1v) is 6.79. The Balaban J connectivity index is 2.01. The fraction of sp³-hybridized carbons (Fsp3) is 0.286. The zero-order chi connectivity index (χ0) is 13.0. The summed E-state index contributed by atoms with van der Waals surface area (Å²) in [6.07, 6.45) is 0.780. The summed E-state index contributed by atoms with van der Waals surface area (Å²) in [6, 6.07) is 8.36. The van der Waals surface area contributed by atoms with Crippen LogP contribution in [0.3, 0.4) is 0 Å². The molecule has 94 valence electrons. The van der Waals surface area contributed by atoms with Crippen LogP contribution in [0, 0.1) is 6.92 Å².